The van der Waals surface area contributed by atoms with E-state index in [1.54, 1.807) is 0 Å². The molecule has 2 atom stereocenters. The van der Waals surface area contributed by atoms with Crippen LogP contribution < -0.4 is 0 Å². The summed E-state index contributed by atoms with van der Waals surface area (Å²) in [6, 6.07) is 3.46. The second kappa shape index (κ2) is 6.78. The van der Waals surface area contributed by atoms with Gasteiger partial charge in [0.05, 0.1) is 4.92 Å². The molecule has 21 heavy (non-hydrogen) atoms. The quantitative estimate of drug-likeness (QED) is 0.607. The molecule has 4 nitrogen and oxygen atoms in total. The smallest absolute Gasteiger partial charge is 0.272 e. The first-order valence-electron chi connectivity index (χ1n) is 7.46. The van der Waals surface area contributed by atoms with E-state index in [4.69, 9.17) is 0 Å². The number of nitro benzene ring substituents is 1. The summed E-state index contributed by atoms with van der Waals surface area (Å²) in [5, 5.41) is 11.0. The number of ketones is 1. The average molecular weight is 293 g/mol. The molecule has 1 aliphatic rings. The number of benzene rings is 1. The van der Waals surface area contributed by atoms with E-state index in [0.717, 1.165) is 31.7 Å². The molecule has 0 saturated heterocycles. The third-order valence-corrected chi connectivity index (χ3v) is 4.27. The van der Waals surface area contributed by atoms with Gasteiger partial charge in [-0.2, -0.15) is 0 Å². The first-order chi connectivity index (χ1) is 10.0. The number of Topliss-reactive ketones (excluding diaryl/α,β-unsaturated/α-hetero) is 1. The first kappa shape index (κ1) is 15.6. The van der Waals surface area contributed by atoms with Gasteiger partial charge in [0.1, 0.15) is 11.6 Å². The van der Waals surface area contributed by atoms with E-state index in [0.29, 0.717) is 17.9 Å². The summed E-state index contributed by atoms with van der Waals surface area (Å²) in [5.74, 6) is -0.0500. The highest BCUT2D eigenvalue weighted by atomic mass is 19.1. The third kappa shape index (κ3) is 3.86. The summed E-state index contributed by atoms with van der Waals surface area (Å²) in [4.78, 5) is 22.6. The van der Waals surface area contributed by atoms with Gasteiger partial charge in [-0.25, -0.2) is 4.39 Å². The summed E-state index contributed by atoms with van der Waals surface area (Å²) in [6.07, 6.45) is 4.64. The molecule has 0 heterocycles. The normalized spacial score (nSPS) is 22.3. The van der Waals surface area contributed by atoms with E-state index in [1.807, 2.05) is 0 Å². The maximum Gasteiger partial charge on any atom is 0.272 e. The molecule has 114 valence electrons. The Morgan fingerprint density at radius 2 is 2.19 bits per heavy atom. The van der Waals surface area contributed by atoms with Gasteiger partial charge in [-0.1, -0.05) is 19.8 Å². The van der Waals surface area contributed by atoms with Crippen molar-refractivity contribution in [1.29, 1.82) is 0 Å². The minimum Gasteiger partial charge on any atom is -0.299 e. The van der Waals surface area contributed by atoms with Gasteiger partial charge in [0.2, 0.25) is 0 Å². The van der Waals surface area contributed by atoms with Gasteiger partial charge < -0.3 is 0 Å². The van der Waals surface area contributed by atoms with Crippen LogP contribution in [0.5, 0.6) is 0 Å². The Bertz CT molecular complexity index is 544. The van der Waals surface area contributed by atoms with Gasteiger partial charge in [0, 0.05) is 24.0 Å². The van der Waals surface area contributed by atoms with Gasteiger partial charge in [-0.3, -0.25) is 14.9 Å². The lowest BCUT2D eigenvalue weighted by Gasteiger charge is -2.27. The second-order valence-corrected chi connectivity index (χ2v) is 5.83. The Kier molecular flexibility index (Phi) is 5.04. The van der Waals surface area contributed by atoms with Crippen LogP contribution >= 0.6 is 0 Å². The van der Waals surface area contributed by atoms with Crippen molar-refractivity contribution in [3.05, 3.63) is 39.7 Å². The minimum absolute atomic E-state index is 0.0955. The maximum atomic E-state index is 13.4. The van der Waals surface area contributed by atoms with Gasteiger partial charge >= 0.3 is 0 Å². The molecule has 0 aromatic heterocycles. The van der Waals surface area contributed by atoms with Gasteiger partial charge in [0.25, 0.3) is 5.69 Å². The fourth-order valence-corrected chi connectivity index (χ4v) is 3.23. The van der Waals surface area contributed by atoms with Crippen LogP contribution in [0.1, 0.15) is 44.6 Å². The lowest BCUT2D eigenvalue weighted by atomic mass is 9.76. The van der Waals surface area contributed by atoms with Crippen LogP contribution in [0.15, 0.2) is 18.2 Å². The van der Waals surface area contributed by atoms with Crippen LogP contribution in [0.3, 0.4) is 0 Å². The number of carbonyl (C=O) groups excluding carboxylic acids is 1. The number of hydrogen-bond acceptors (Lipinski definition) is 3. The maximum absolute atomic E-state index is 13.4. The predicted molar refractivity (Wildman–Crippen MR) is 77.5 cm³/mol. The molecular formula is C16H20FNO3. The first-order valence-corrected chi connectivity index (χ1v) is 7.46. The summed E-state index contributed by atoms with van der Waals surface area (Å²) < 4.78 is 13.4. The molecule has 5 heteroatoms. The van der Waals surface area contributed by atoms with E-state index in [9.17, 15) is 19.3 Å². The Labute approximate surface area is 123 Å². The molecule has 2 rings (SSSR count). The zero-order valence-corrected chi connectivity index (χ0v) is 12.2. The Balaban J connectivity index is 2.17. The van der Waals surface area contributed by atoms with E-state index < -0.39 is 10.7 Å². The molecular weight excluding hydrogens is 273 g/mol. The molecule has 1 aliphatic carbocycles. The molecule has 2 unspecified atom stereocenters. The molecule has 0 radical (unpaired) electrons. The third-order valence-electron chi connectivity index (χ3n) is 4.27. The van der Waals surface area contributed by atoms with E-state index in [-0.39, 0.29) is 23.8 Å². The highest BCUT2D eigenvalue weighted by molar-refractivity contribution is 5.82. The molecule has 1 fully saturated rings. The van der Waals surface area contributed by atoms with Crippen molar-refractivity contribution in [3.63, 3.8) is 0 Å². The Hall–Kier alpha value is -1.78. The molecule has 0 aliphatic heterocycles. The topological polar surface area (TPSA) is 60.2 Å². The van der Waals surface area contributed by atoms with Crippen LogP contribution in [-0.4, -0.2) is 10.7 Å². The predicted octanol–water partition coefficient (Wildman–Crippen LogP) is 4.06. The monoisotopic (exact) mass is 293 g/mol. The highest BCUT2D eigenvalue weighted by Gasteiger charge is 2.30. The number of rotatable bonds is 5. The van der Waals surface area contributed by atoms with Crippen molar-refractivity contribution in [2.24, 2.45) is 11.8 Å². The highest BCUT2D eigenvalue weighted by Crippen LogP contribution is 2.33. The van der Waals surface area contributed by atoms with Crippen LogP contribution in [0.25, 0.3) is 0 Å². The zero-order chi connectivity index (χ0) is 15.4. The standard InChI is InChI=1S/C16H20FNO3/c1-2-3-11-4-7-16(19)13(8-11)9-12-10-14(17)5-6-15(12)18(20)21/h5-6,10-11,13H,2-4,7-9H2,1H3. The number of nitro groups is 1. The van der Waals surface area contributed by atoms with Crippen molar-refractivity contribution >= 4 is 11.5 Å². The summed E-state index contributed by atoms with van der Waals surface area (Å²) in [7, 11) is 0. The number of nitrogens with zero attached hydrogens (tertiary/aromatic N) is 1. The minimum atomic E-state index is -0.508. The summed E-state index contributed by atoms with van der Waals surface area (Å²) in [5.41, 5.74) is 0.234. The largest absolute Gasteiger partial charge is 0.299 e. The van der Waals surface area contributed by atoms with Crippen molar-refractivity contribution in [1.82, 2.24) is 0 Å². The van der Waals surface area contributed by atoms with Crippen LogP contribution in [0.4, 0.5) is 10.1 Å². The van der Waals surface area contributed by atoms with Crippen molar-refractivity contribution in [3.8, 4) is 0 Å². The van der Waals surface area contributed by atoms with Gasteiger partial charge in [-0.15, -0.1) is 0 Å². The van der Waals surface area contributed by atoms with Crippen LogP contribution in [0.2, 0.25) is 0 Å². The lowest BCUT2D eigenvalue weighted by Crippen LogP contribution is -2.26. The molecule has 1 saturated carbocycles. The summed E-state index contributed by atoms with van der Waals surface area (Å²) >= 11 is 0. The Morgan fingerprint density at radius 3 is 2.86 bits per heavy atom. The van der Waals surface area contributed by atoms with E-state index >= 15 is 0 Å². The van der Waals surface area contributed by atoms with Gasteiger partial charge in [-0.05, 0) is 37.3 Å². The number of hydrogen-bond donors (Lipinski definition) is 0. The lowest BCUT2D eigenvalue weighted by molar-refractivity contribution is -0.385. The SMILES string of the molecule is CCCC1CCC(=O)C(Cc2cc(F)ccc2[N+](=O)[O-])C1. The molecule has 1 aromatic carbocycles. The van der Waals surface area contributed by atoms with Gasteiger partial charge in [0.15, 0.2) is 0 Å². The average Bonchev–Trinajstić information content (AvgIpc) is 2.42. The van der Waals surface area contributed by atoms with Crippen molar-refractivity contribution in [2.75, 3.05) is 0 Å². The van der Waals surface area contributed by atoms with Crippen molar-refractivity contribution in [2.45, 2.75) is 45.4 Å². The zero-order valence-electron chi connectivity index (χ0n) is 12.2. The fourth-order valence-electron chi connectivity index (χ4n) is 3.23. The fraction of sp³-hybridized carbons (Fsp3) is 0.562. The molecule has 0 bridgehead atoms. The van der Waals surface area contributed by atoms with Crippen LogP contribution in [0, 0.1) is 27.8 Å². The van der Waals surface area contributed by atoms with E-state index in [2.05, 4.69) is 6.92 Å². The second-order valence-electron chi connectivity index (χ2n) is 5.83. The summed E-state index contributed by atoms with van der Waals surface area (Å²) in [6.45, 7) is 2.11. The Morgan fingerprint density at radius 1 is 1.43 bits per heavy atom. The molecule has 1 aromatic rings. The van der Waals surface area contributed by atoms with Crippen molar-refractivity contribution < 1.29 is 14.1 Å². The molecule has 0 amide bonds. The molecule has 0 spiro atoms. The number of halogens is 1. The van der Waals surface area contributed by atoms with Crippen LogP contribution in [-0.2, 0) is 11.2 Å². The van der Waals surface area contributed by atoms with E-state index in [1.165, 1.54) is 12.1 Å². The number of carbonyl (C=O) groups is 1. The molecule has 0 N–H and O–H groups in total.